The van der Waals surface area contributed by atoms with Gasteiger partial charge in [-0.15, -0.1) is 0 Å². The molecule has 0 amide bonds. The molecule has 0 aliphatic carbocycles. The van der Waals surface area contributed by atoms with Crippen molar-refractivity contribution >= 4 is 16.9 Å². The van der Waals surface area contributed by atoms with E-state index in [9.17, 15) is 9.59 Å². The third-order valence-corrected chi connectivity index (χ3v) is 3.76. The van der Waals surface area contributed by atoms with Crippen LogP contribution in [-0.4, -0.2) is 32.6 Å². The summed E-state index contributed by atoms with van der Waals surface area (Å²) in [6, 6.07) is 9.38. The summed E-state index contributed by atoms with van der Waals surface area (Å²) in [6.45, 7) is 3.73. The van der Waals surface area contributed by atoms with E-state index < -0.39 is 5.97 Å². The molecule has 7 heteroatoms. The molecule has 0 unspecified atom stereocenters. The Kier molecular flexibility index (Phi) is 4.16. The molecule has 7 nitrogen and oxygen atoms in total. The van der Waals surface area contributed by atoms with Crippen LogP contribution in [-0.2, 0) is 16.1 Å². The van der Waals surface area contributed by atoms with Crippen molar-refractivity contribution in [2.75, 3.05) is 7.11 Å². The number of benzene rings is 1. The maximum absolute atomic E-state index is 12.8. The van der Waals surface area contributed by atoms with Gasteiger partial charge in [-0.3, -0.25) is 9.59 Å². The maximum atomic E-state index is 12.8. The second-order valence-electron chi connectivity index (χ2n) is 5.73. The van der Waals surface area contributed by atoms with Crippen molar-refractivity contribution in [2.24, 2.45) is 0 Å². The first kappa shape index (κ1) is 15.9. The third kappa shape index (κ3) is 2.68. The number of rotatable bonds is 4. The number of carbonyl (C=O) groups is 1. The van der Waals surface area contributed by atoms with Crippen LogP contribution in [0.5, 0.6) is 0 Å². The van der Waals surface area contributed by atoms with Crippen LogP contribution in [0, 0.1) is 0 Å². The first-order chi connectivity index (χ1) is 11.5. The van der Waals surface area contributed by atoms with E-state index in [-0.39, 0.29) is 18.0 Å². The molecule has 3 aromatic rings. The fourth-order valence-electron chi connectivity index (χ4n) is 2.58. The van der Waals surface area contributed by atoms with Crippen LogP contribution in [0.1, 0.15) is 25.5 Å². The molecule has 0 radical (unpaired) electrons. The molecule has 0 aliphatic rings. The average Bonchev–Trinajstić information content (AvgIpc) is 3.03. The van der Waals surface area contributed by atoms with Gasteiger partial charge in [0.15, 0.2) is 0 Å². The molecule has 3 rings (SSSR count). The Morgan fingerprint density at radius 3 is 2.58 bits per heavy atom. The van der Waals surface area contributed by atoms with Crippen molar-refractivity contribution < 1.29 is 9.53 Å². The number of esters is 1. The predicted octanol–water partition coefficient (Wildman–Crippen LogP) is 1.88. The van der Waals surface area contributed by atoms with E-state index in [0.29, 0.717) is 10.9 Å². The summed E-state index contributed by atoms with van der Waals surface area (Å²) in [5.74, 6) is -0.449. The first-order valence-corrected chi connectivity index (χ1v) is 7.64. The Morgan fingerprint density at radius 1 is 1.25 bits per heavy atom. The molecular weight excluding hydrogens is 308 g/mol. The lowest BCUT2D eigenvalue weighted by molar-refractivity contribution is -0.141. The molecule has 1 aromatic carbocycles. The van der Waals surface area contributed by atoms with Crippen LogP contribution < -0.4 is 5.56 Å². The summed E-state index contributed by atoms with van der Waals surface area (Å²) >= 11 is 0. The number of aromatic nitrogens is 4. The third-order valence-electron chi connectivity index (χ3n) is 3.76. The topological polar surface area (TPSA) is 79.0 Å². The van der Waals surface area contributed by atoms with Crippen molar-refractivity contribution in [3.63, 3.8) is 0 Å². The zero-order valence-corrected chi connectivity index (χ0v) is 13.8. The largest absolute Gasteiger partial charge is 0.468 e. The molecule has 0 bridgehead atoms. The van der Waals surface area contributed by atoms with Crippen LogP contribution in [0.4, 0.5) is 0 Å². The van der Waals surface area contributed by atoms with Gasteiger partial charge in [-0.25, -0.2) is 9.36 Å². The summed E-state index contributed by atoms with van der Waals surface area (Å²) in [4.78, 5) is 24.4. The molecule has 2 aromatic heterocycles. The number of nitrogens with zero attached hydrogens (tertiary/aromatic N) is 4. The molecule has 124 valence electrons. The second-order valence-corrected chi connectivity index (χ2v) is 5.73. The smallest absolute Gasteiger partial charge is 0.327 e. The quantitative estimate of drug-likeness (QED) is 0.684. The Hall–Kier alpha value is -2.96. The standard InChI is InChI=1S/C17H18N4O3/c1-11(2)15-13-9-18-21(12-7-5-4-6-8-12)16(13)17(23)20(19-15)10-14(22)24-3/h4-9,11H,10H2,1-3H3. The molecule has 0 saturated carbocycles. The van der Waals surface area contributed by atoms with Gasteiger partial charge in [-0.1, -0.05) is 32.0 Å². The van der Waals surface area contributed by atoms with Crippen LogP contribution in [0.15, 0.2) is 41.3 Å². The fraction of sp³-hybridized carbons (Fsp3) is 0.294. The van der Waals surface area contributed by atoms with Crippen LogP contribution >= 0.6 is 0 Å². The van der Waals surface area contributed by atoms with E-state index in [1.807, 2.05) is 44.2 Å². The zero-order valence-electron chi connectivity index (χ0n) is 13.8. The van der Waals surface area contributed by atoms with Gasteiger partial charge in [-0.2, -0.15) is 10.2 Å². The van der Waals surface area contributed by atoms with Gasteiger partial charge < -0.3 is 4.74 Å². The average molecular weight is 326 g/mol. The van der Waals surface area contributed by atoms with Crippen LogP contribution in [0.25, 0.3) is 16.6 Å². The Bertz CT molecular complexity index is 942. The van der Waals surface area contributed by atoms with E-state index >= 15 is 0 Å². The summed E-state index contributed by atoms with van der Waals surface area (Å²) in [5, 5.41) is 9.40. The Morgan fingerprint density at radius 2 is 1.96 bits per heavy atom. The van der Waals surface area contributed by atoms with E-state index in [1.54, 1.807) is 10.9 Å². The van der Waals surface area contributed by atoms with Crippen molar-refractivity contribution in [3.05, 3.63) is 52.6 Å². The molecule has 0 saturated heterocycles. The van der Waals surface area contributed by atoms with E-state index in [1.165, 1.54) is 7.11 Å². The molecule has 24 heavy (non-hydrogen) atoms. The highest BCUT2D eigenvalue weighted by Crippen LogP contribution is 2.22. The molecule has 0 fully saturated rings. The van der Waals surface area contributed by atoms with Crippen molar-refractivity contribution in [1.29, 1.82) is 0 Å². The normalized spacial score (nSPS) is 11.2. The minimum atomic E-state index is -0.524. The Labute approximate surface area is 138 Å². The van der Waals surface area contributed by atoms with E-state index in [0.717, 1.165) is 16.1 Å². The van der Waals surface area contributed by atoms with Gasteiger partial charge in [0.05, 0.1) is 24.7 Å². The minimum Gasteiger partial charge on any atom is -0.468 e. The Balaban J connectivity index is 2.30. The SMILES string of the molecule is COC(=O)Cn1nc(C(C)C)c2cnn(-c3ccccc3)c2c1=O. The monoisotopic (exact) mass is 326 g/mol. The number of ether oxygens (including phenoxy) is 1. The zero-order chi connectivity index (χ0) is 17.3. The van der Waals surface area contributed by atoms with Gasteiger partial charge >= 0.3 is 5.97 Å². The molecule has 0 aliphatic heterocycles. The predicted molar refractivity (Wildman–Crippen MR) is 89.2 cm³/mol. The lowest BCUT2D eigenvalue weighted by Gasteiger charge is -2.11. The van der Waals surface area contributed by atoms with E-state index in [4.69, 9.17) is 0 Å². The molecule has 0 atom stereocenters. The summed E-state index contributed by atoms with van der Waals surface area (Å²) in [6.07, 6.45) is 1.65. The molecule has 0 spiro atoms. The number of hydrogen-bond acceptors (Lipinski definition) is 5. The minimum absolute atomic E-state index is 0.0745. The summed E-state index contributed by atoms with van der Waals surface area (Å²) in [5.41, 5.74) is 1.52. The molecule has 0 N–H and O–H groups in total. The highest BCUT2D eigenvalue weighted by Gasteiger charge is 2.19. The van der Waals surface area contributed by atoms with E-state index in [2.05, 4.69) is 14.9 Å². The highest BCUT2D eigenvalue weighted by molar-refractivity contribution is 5.82. The lowest BCUT2D eigenvalue weighted by atomic mass is 10.1. The van der Waals surface area contributed by atoms with Crippen LogP contribution in [0.2, 0.25) is 0 Å². The van der Waals surface area contributed by atoms with Gasteiger partial charge in [0.25, 0.3) is 5.56 Å². The lowest BCUT2D eigenvalue weighted by Crippen LogP contribution is -2.29. The fourth-order valence-corrected chi connectivity index (χ4v) is 2.58. The molecule has 2 heterocycles. The number of carbonyl (C=O) groups excluding carboxylic acids is 1. The summed E-state index contributed by atoms with van der Waals surface area (Å²) in [7, 11) is 1.28. The van der Waals surface area contributed by atoms with Crippen molar-refractivity contribution in [1.82, 2.24) is 19.6 Å². The van der Waals surface area contributed by atoms with Crippen LogP contribution in [0.3, 0.4) is 0 Å². The van der Waals surface area contributed by atoms with Gasteiger partial charge in [-0.05, 0) is 18.1 Å². The number of hydrogen-bond donors (Lipinski definition) is 0. The van der Waals surface area contributed by atoms with Gasteiger partial charge in [0.1, 0.15) is 12.1 Å². The number of para-hydroxylation sites is 1. The second kappa shape index (κ2) is 6.27. The number of fused-ring (bicyclic) bond motifs is 1. The van der Waals surface area contributed by atoms with Gasteiger partial charge in [0, 0.05) is 5.39 Å². The number of methoxy groups -OCH3 is 1. The molecular formula is C17H18N4O3. The maximum Gasteiger partial charge on any atom is 0.327 e. The first-order valence-electron chi connectivity index (χ1n) is 7.64. The van der Waals surface area contributed by atoms with Crippen molar-refractivity contribution in [3.8, 4) is 5.69 Å². The van der Waals surface area contributed by atoms with Gasteiger partial charge in [0.2, 0.25) is 0 Å². The highest BCUT2D eigenvalue weighted by atomic mass is 16.5. The van der Waals surface area contributed by atoms with Crippen molar-refractivity contribution in [2.45, 2.75) is 26.3 Å². The summed E-state index contributed by atoms with van der Waals surface area (Å²) < 4.78 is 7.38.